The van der Waals surface area contributed by atoms with Crippen molar-refractivity contribution in [3.63, 3.8) is 0 Å². The van der Waals surface area contributed by atoms with Crippen molar-refractivity contribution in [2.24, 2.45) is 5.10 Å². The number of nitrogens with one attached hydrogen (secondary N) is 1. The Bertz CT molecular complexity index is 811. The minimum absolute atomic E-state index is 0.0170. The highest BCUT2D eigenvalue weighted by molar-refractivity contribution is 5.99. The van der Waals surface area contributed by atoms with E-state index in [1.54, 1.807) is 6.07 Å². The number of nitrogens with zero attached hydrogens (tertiary/aromatic N) is 3. The first-order valence-corrected chi connectivity index (χ1v) is 8.49. The van der Waals surface area contributed by atoms with E-state index in [-0.39, 0.29) is 11.3 Å². The molecule has 0 unspecified atom stereocenters. The molecule has 7 heteroatoms. The number of hydrogen-bond acceptors (Lipinski definition) is 5. The number of carbonyl (C=O) groups is 1. The fourth-order valence-corrected chi connectivity index (χ4v) is 2.94. The van der Waals surface area contributed by atoms with Gasteiger partial charge in [-0.15, -0.1) is 0 Å². The SMILES string of the molecule is O=C(NN=C1CCN(Cc2ccccc2)CC1)c1ccccc1[N+](=O)[O-]. The molecule has 1 aliphatic rings. The number of piperidine rings is 1. The van der Waals surface area contributed by atoms with Gasteiger partial charge in [0.25, 0.3) is 11.6 Å². The summed E-state index contributed by atoms with van der Waals surface area (Å²) in [7, 11) is 0. The molecule has 1 aliphatic heterocycles. The molecule has 0 radical (unpaired) electrons. The van der Waals surface area contributed by atoms with Crippen molar-refractivity contribution in [1.29, 1.82) is 0 Å². The van der Waals surface area contributed by atoms with Crippen LogP contribution in [0, 0.1) is 10.1 Å². The molecule has 0 spiro atoms. The number of hydrazone groups is 1. The van der Waals surface area contributed by atoms with Crippen molar-refractivity contribution < 1.29 is 9.72 Å². The number of para-hydroxylation sites is 1. The summed E-state index contributed by atoms with van der Waals surface area (Å²) in [5.41, 5.74) is 4.43. The Hall–Kier alpha value is -3.06. The zero-order valence-electron chi connectivity index (χ0n) is 14.3. The fourth-order valence-electron chi connectivity index (χ4n) is 2.94. The molecule has 134 valence electrons. The molecule has 1 saturated heterocycles. The van der Waals surface area contributed by atoms with Crippen molar-refractivity contribution in [2.45, 2.75) is 19.4 Å². The third-order valence-electron chi connectivity index (χ3n) is 4.34. The molecule has 26 heavy (non-hydrogen) atoms. The minimum atomic E-state index is -0.565. The first kappa shape index (κ1) is 17.8. The maximum Gasteiger partial charge on any atom is 0.282 e. The Morgan fingerprint density at radius 3 is 2.42 bits per heavy atom. The third kappa shape index (κ3) is 4.52. The average molecular weight is 352 g/mol. The van der Waals surface area contributed by atoms with Gasteiger partial charge >= 0.3 is 0 Å². The van der Waals surface area contributed by atoms with Crippen molar-refractivity contribution in [2.75, 3.05) is 13.1 Å². The molecule has 0 saturated carbocycles. The molecule has 0 bridgehead atoms. The van der Waals surface area contributed by atoms with Gasteiger partial charge in [-0.1, -0.05) is 42.5 Å². The van der Waals surface area contributed by atoms with Crippen LogP contribution in [0.25, 0.3) is 0 Å². The summed E-state index contributed by atoms with van der Waals surface area (Å²) in [6.45, 7) is 2.64. The van der Waals surface area contributed by atoms with Gasteiger partial charge in [0.2, 0.25) is 0 Å². The zero-order chi connectivity index (χ0) is 18.4. The van der Waals surface area contributed by atoms with E-state index in [1.807, 2.05) is 18.2 Å². The minimum Gasteiger partial charge on any atom is -0.298 e. The van der Waals surface area contributed by atoms with Gasteiger partial charge in [-0.3, -0.25) is 19.8 Å². The first-order valence-electron chi connectivity index (χ1n) is 8.49. The van der Waals surface area contributed by atoms with E-state index in [4.69, 9.17) is 0 Å². The number of likely N-dealkylation sites (tertiary alicyclic amines) is 1. The van der Waals surface area contributed by atoms with Gasteiger partial charge in [0.05, 0.1) is 4.92 Å². The van der Waals surface area contributed by atoms with Crippen LogP contribution in [-0.2, 0) is 6.54 Å². The highest BCUT2D eigenvalue weighted by Gasteiger charge is 2.20. The van der Waals surface area contributed by atoms with Crippen LogP contribution in [0.4, 0.5) is 5.69 Å². The Kier molecular flexibility index (Phi) is 5.70. The molecule has 2 aromatic rings. The lowest BCUT2D eigenvalue weighted by Gasteiger charge is -2.27. The molecule has 1 amide bonds. The Morgan fingerprint density at radius 1 is 1.08 bits per heavy atom. The summed E-state index contributed by atoms with van der Waals surface area (Å²) in [6, 6.07) is 16.1. The second-order valence-electron chi connectivity index (χ2n) is 6.15. The van der Waals surface area contributed by atoms with Crippen LogP contribution in [0.2, 0.25) is 0 Å². The molecule has 1 fully saturated rings. The highest BCUT2D eigenvalue weighted by Crippen LogP contribution is 2.17. The maximum absolute atomic E-state index is 12.2. The molecule has 0 aliphatic carbocycles. The van der Waals surface area contributed by atoms with Gasteiger partial charge in [-0.05, 0) is 11.6 Å². The van der Waals surface area contributed by atoms with Gasteiger partial charge in [-0.25, -0.2) is 5.43 Å². The molecule has 1 heterocycles. The van der Waals surface area contributed by atoms with E-state index in [0.717, 1.165) is 38.2 Å². The smallest absolute Gasteiger partial charge is 0.282 e. The normalized spacial score (nSPS) is 14.7. The van der Waals surface area contributed by atoms with Crippen LogP contribution in [0.5, 0.6) is 0 Å². The molecule has 3 rings (SSSR count). The predicted molar refractivity (Wildman–Crippen MR) is 99.0 cm³/mol. The van der Waals surface area contributed by atoms with Crippen molar-refractivity contribution in [1.82, 2.24) is 10.3 Å². The molecular formula is C19H20N4O3. The predicted octanol–water partition coefficient (Wildman–Crippen LogP) is 2.98. The lowest BCUT2D eigenvalue weighted by atomic mass is 10.1. The lowest BCUT2D eigenvalue weighted by Crippen LogP contribution is -2.34. The van der Waals surface area contributed by atoms with Crippen LogP contribution in [0.1, 0.15) is 28.8 Å². The van der Waals surface area contributed by atoms with Gasteiger partial charge in [0, 0.05) is 44.3 Å². The van der Waals surface area contributed by atoms with Gasteiger partial charge in [0.1, 0.15) is 5.56 Å². The first-order chi connectivity index (χ1) is 12.6. The molecule has 0 aromatic heterocycles. The van der Waals surface area contributed by atoms with Crippen LogP contribution in [-0.4, -0.2) is 34.5 Å². The van der Waals surface area contributed by atoms with Crippen LogP contribution < -0.4 is 5.43 Å². The number of rotatable bonds is 5. The van der Waals surface area contributed by atoms with Gasteiger partial charge in [-0.2, -0.15) is 5.10 Å². The van der Waals surface area contributed by atoms with E-state index in [2.05, 4.69) is 27.6 Å². The Morgan fingerprint density at radius 2 is 1.73 bits per heavy atom. The monoisotopic (exact) mass is 352 g/mol. The summed E-state index contributed by atoms with van der Waals surface area (Å²) >= 11 is 0. The summed E-state index contributed by atoms with van der Waals surface area (Å²) in [6.07, 6.45) is 1.54. The van der Waals surface area contributed by atoms with Crippen molar-refractivity contribution in [3.05, 3.63) is 75.8 Å². The van der Waals surface area contributed by atoms with E-state index in [0.29, 0.717) is 0 Å². The number of benzene rings is 2. The highest BCUT2D eigenvalue weighted by atomic mass is 16.6. The number of carbonyl (C=O) groups excluding carboxylic acids is 1. The summed E-state index contributed by atoms with van der Waals surface area (Å²) in [5.74, 6) is -0.559. The Labute approximate surface area is 151 Å². The molecular weight excluding hydrogens is 332 g/mol. The average Bonchev–Trinajstić information content (AvgIpc) is 2.68. The Balaban J connectivity index is 1.54. The number of hydrogen-bond donors (Lipinski definition) is 1. The summed E-state index contributed by atoms with van der Waals surface area (Å²) in [4.78, 5) is 25.0. The van der Waals surface area contributed by atoms with Crippen LogP contribution >= 0.6 is 0 Å². The van der Waals surface area contributed by atoms with Crippen molar-refractivity contribution in [3.8, 4) is 0 Å². The largest absolute Gasteiger partial charge is 0.298 e. The summed E-state index contributed by atoms with van der Waals surface area (Å²) < 4.78 is 0. The number of amides is 1. The van der Waals surface area contributed by atoms with Gasteiger partial charge < -0.3 is 0 Å². The number of nitro groups is 1. The van der Waals surface area contributed by atoms with Crippen molar-refractivity contribution >= 4 is 17.3 Å². The van der Waals surface area contributed by atoms with E-state index in [1.165, 1.54) is 23.8 Å². The fraction of sp³-hybridized carbons (Fsp3) is 0.263. The van der Waals surface area contributed by atoms with Gasteiger partial charge in [0.15, 0.2) is 0 Å². The maximum atomic E-state index is 12.2. The topological polar surface area (TPSA) is 87.8 Å². The second-order valence-corrected chi connectivity index (χ2v) is 6.15. The lowest BCUT2D eigenvalue weighted by molar-refractivity contribution is -0.385. The molecule has 7 nitrogen and oxygen atoms in total. The van der Waals surface area contributed by atoms with Crippen LogP contribution in [0.3, 0.4) is 0 Å². The zero-order valence-corrected chi connectivity index (χ0v) is 14.3. The third-order valence-corrected chi connectivity index (χ3v) is 4.34. The standard InChI is InChI=1S/C19H20N4O3/c24-19(17-8-4-5-9-18(17)23(25)26)21-20-16-10-12-22(13-11-16)14-15-6-2-1-3-7-15/h1-9H,10-14H2,(H,21,24). The quantitative estimate of drug-likeness (QED) is 0.662. The molecule has 1 N–H and O–H groups in total. The second kappa shape index (κ2) is 8.35. The van der Waals surface area contributed by atoms with E-state index < -0.39 is 10.8 Å². The van der Waals surface area contributed by atoms with E-state index in [9.17, 15) is 14.9 Å². The molecule has 2 aromatic carbocycles. The van der Waals surface area contributed by atoms with Crippen LogP contribution in [0.15, 0.2) is 59.7 Å². The molecule has 0 atom stereocenters. The summed E-state index contributed by atoms with van der Waals surface area (Å²) in [5, 5.41) is 15.2. The van der Waals surface area contributed by atoms with E-state index >= 15 is 0 Å². The number of nitro benzene ring substituents is 1.